The quantitative estimate of drug-likeness (QED) is 0.586. The third-order valence-electron chi connectivity index (χ3n) is 6.65. The van der Waals surface area contributed by atoms with Crippen molar-refractivity contribution in [1.82, 2.24) is 33.7 Å². The highest BCUT2D eigenvalue weighted by Crippen LogP contribution is 2.41. The zero-order valence-electron chi connectivity index (χ0n) is 17.9. The zero-order valence-corrected chi connectivity index (χ0v) is 17.9. The summed E-state index contributed by atoms with van der Waals surface area (Å²) in [5.74, 6) is 1.79. The lowest BCUT2D eigenvalue weighted by molar-refractivity contribution is -0.133. The topological polar surface area (TPSA) is 121 Å². The Balaban J connectivity index is 1.31. The van der Waals surface area contributed by atoms with E-state index in [9.17, 15) is 14.4 Å². The van der Waals surface area contributed by atoms with Gasteiger partial charge in [-0.25, -0.2) is 9.78 Å². The number of hydrogen-bond acceptors (Lipinski definition) is 7. The number of likely N-dealkylation sites (tertiary alicyclic amines) is 1. The Hall–Kier alpha value is -3.24. The van der Waals surface area contributed by atoms with Crippen LogP contribution in [0, 0.1) is 0 Å². The van der Waals surface area contributed by atoms with Gasteiger partial charge < -0.3 is 14.0 Å². The molecule has 3 aromatic rings. The summed E-state index contributed by atoms with van der Waals surface area (Å²) in [6.45, 7) is 3.26. The van der Waals surface area contributed by atoms with Crippen molar-refractivity contribution in [2.45, 2.75) is 50.5 Å². The number of nitrogens with zero attached hydrogens (tertiary/aromatic N) is 7. The fourth-order valence-electron chi connectivity index (χ4n) is 4.21. The number of carbonyl (C=O) groups is 1. The first-order chi connectivity index (χ1) is 14.8. The van der Waals surface area contributed by atoms with Crippen LogP contribution >= 0.6 is 0 Å². The lowest BCUT2D eigenvalue weighted by Crippen LogP contribution is -2.45. The highest BCUT2D eigenvalue weighted by Gasteiger charge is 2.39. The monoisotopic (exact) mass is 427 g/mol. The number of hydrogen-bond donors (Lipinski definition) is 0. The summed E-state index contributed by atoms with van der Waals surface area (Å²) in [7, 11) is 2.97. The molecule has 11 nitrogen and oxygen atoms in total. The first-order valence-corrected chi connectivity index (χ1v) is 10.5. The van der Waals surface area contributed by atoms with Gasteiger partial charge in [0.25, 0.3) is 5.56 Å². The average molecular weight is 427 g/mol. The van der Waals surface area contributed by atoms with Crippen LogP contribution in [0.2, 0.25) is 0 Å². The minimum Gasteiger partial charge on any atom is -0.341 e. The van der Waals surface area contributed by atoms with Gasteiger partial charge in [-0.15, -0.1) is 0 Å². The Morgan fingerprint density at radius 1 is 1.19 bits per heavy atom. The molecule has 2 aliphatic rings. The van der Waals surface area contributed by atoms with Gasteiger partial charge in [0.1, 0.15) is 6.54 Å². The van der Waals surface area contributed by atoms with Gasteiger partial charge >= 0.3 is 5.69 Å². The fraction of sp³-hybridized carbons (Fsp3) is 0.600. The van der Waals surface area contributed by atoms with Crippen LogP contribution in [0.4, 0.5) is 0 Å². The van der Waals surface area contributed by atoms with Gasteiger partial charge in [0.05, 0.1) is 6.33 Å². The molecule has 164 valence electrons. The normalized spacial score (nSPS) is 18.6. The van der Waals surface area contributed by atoms with Crippen molar-refractivity contribution in [3.05, 3.63) is 38.9 Å². The van der Waals surface area contributed by atoms with E-state index in [1.807, 2.05) is 0 Å². The van der Waals surface area contributed by atoms with E-state index in [2.05, 4.69) is 22.0 Å². The zero-order chi connectivity index (χ0) is 21.9. The van der Waals surface area contributed by atoms with E-state index in [0.717, 1.165) is 42.0 Å². The van der Waals surface area contributed by atoms with Crippen LogP contribution in [0.15, 0.2) is 20.4 Å². The molecule has 11 heteroatoms. The van der Waals surface area contributed by atoms with Crippen molar-refractivity contribution in [2.75, 3.05) is 13.1 Å². The number of imidazole rings is 1. The molecule has 1 saturated carbocycles. The van der Waals surface area contributed by atoms with E-state index in [-0.39, 0.29) is 29.0 Å². The van der Waals surface area contributed by atoms with Crippen molar-refractivity contribution in [1.29, 1.82) is 0 Å². The minimum atomic E-state index is -0.460. The second kappa shape index (κ2) is 6.89. The molecule has 0 spiro atoms. The van der Waals surface area contributed by atoms with E-state index in [1.165, 1.54) is 22.5 Å². The summed E-state index contributed by atoms with van der Waals surface area (Å²) in [5, 5.41) is 4.20. The minimum absolute atomic E-state index is 0.00526. The Morgan fingerprint density at radius 3 is 2.58 bits per heavy atom. The Labute approximate surface area is 177 Å². The molecule has 2 fully saturated rings. The van der Waals surface area contributed by atoms with Crippen molar-refractivity contribution in [3.63, 3.8) is 0 Å². The van der Waals surface area contributed by atoms with Crippen LogP contribution < -0.4 is 11.2 Å². The summed E-state index contributed by atoms with van der Waals surface area (Å²) in [6, 6.07) is 0. The number of aryl methyl sites for hydroxylation is 1. The lowest BCUT2D eigenvalue weighted by Gasteiger charge is -2.37. The van der Waals surface area contributed by atoms with Crippen LogP contribution in [0.25, 0.3) is 11.2 Å². The highest BCUT2D eigenvalue weighted by atomic mass is 16.5. The number of rotatable bonds is 4. The largest absolute Gasteiger partial charge is 0.341 e. The average Bonchev–Trinajstić information content (AvgIpc) is 3.32. The van der Waals surface area contributed by atoms with Crippen LogP contribution in [-0.4, -0.2) is 52.7 Å². The molecule has 31 heavy (non-hydrogen) atoms. The number of fused-ring (bicyclic) bond motifs is 1. The predicted molar refractivity (Wildman–Crippen MR) is 110 cm³/mol. The molecule has 0 bridgehead atoms. The molecule has 0 aromatic carbocycles. The van der Waals surface area contributed by atoms with E-state index in [1.54, 1.807) is 11.9 Å². The molecule has 1 aliphatic carbocycles. The van der Waals surface area contributed by atoms with Gasteiger partial charge in [-0.3, -0.25) is 18.7 Å². The molecule has 0 radical (unpaired) electrons. The van der Waals surface area contributed by atoms with Crippen LogP contribution in [0.1, 0.15) is 50.2 Å². The number of piperidine rings is 1. The van der Waals surface area contributed by atoms with Crippen molar-refractivity contribution >= 4 is 17.1 Å². The first-order valence-electron chi connectivity index (χ1n) is 10.5. The van der Waals surface area contributed by atoms with E-state index in [0.29, 0.717) is 19.0 Å². The standard InChI is InChI=1S/C20H25N7O4/c1-20(18-22-16(31-23-18)12-4-5-12)6-8-26(9-7-20)13(28)10-27-11-21-15-14(27)17(29)25(3)19(30)24(15)2/h11-12H,4-10H2,1-3H3. The molecule has 3 aromatic heterocycles. The van der Waals surface area contributed by atoms with Crippen LogP contribution in [0.3, 0.4) is 0 Å². The fourth-order valence-corrected chi connectivity index (χ4v) is 4.21. The lowest BCUT2D eigenvalue weighted by atomic mass is 9.79. The molecule has 4 heterocycles. The second-order valence-corrected chi connectivity index (χ2v) is 8.92. The molecular weight excluding hydrogens is 402 g/mol. The van der Waals surface area contributed by atoms with Crippen LogP contribution in [-0.2, 0) is 30.8 Å². The molecular formula is C20H25N7O4. The summed E-state index contributed by atoms with van der Waals surface area (Å²) < 4.78 is 9.28. The summed E-state index contributed by atoms with van der Waals surface area (Å²) in [5.41, 5.74) is -0.604. The third-order valence-corrected chi connectivity index (χ3v) is 6.65. The molecule has 0 unspecified atom stereocenters. The third kappa shape index (κ3) is 3.19. The van der Waals surface area contributed by atoms with Crippen molar-refractivity contribution in [2.24, 2.45) is 14.1 Å². The first kappa shape index (κ1) is 19.7. The maximum Gasteiger partial charge on any atom is 0.332 e. The summed E-state index contributed by atoms with van der Waals surface area (Å²) in [4.78, 5) is 48.2. The van der Waals surface area contributed by atoms with Gasteiger partial charge in [0.2, 0.25) is 11.8 Å². The van der Waals surface area contributed by atoms with Gasteiger partial charge in [-0.05, 0) is 25.7 Å². The Kier molecular flexibility index (Phi) is 4.38. The molecule has 0 N–H and O–H groups in total. The highest BCUT2D eigenvalue weighted by molar-refractivity contribution is 5.79. The van der Waals surface area contributed by atoms with E-state index >= 15 is 0 Å². The van der Waals surface area contributed by atoms with E-state index in [4.69, 9.17) is 4.52 Å². The van der Waals surface area contributed by atoms with Gasteiger partial charge in [0, 0.05) is 38.5 Å². The van der Waals surface area contributed by atoms with Crippen LogP contribution in [0.5, 0.6) is 0 Å². The smallest absolute Gasteiger partial charge is 0.332 e. The molecule has 1 amide bonds. The van der Waals surface area contributed by atoms with Gasteiger partial charge in [-0.1, -0.05) is 12.1 Å². The summed E-state index contributed by atoms with van der Waals surface area (Å²) >= 11 is 0. The molecule has 0 atom stereocenters. The Morgan fingerprint density at radius 2 is 1.90 bits per heavy atom. The maximum atomic E-state index is 13.0. The van der Waals surface area contributed by atoms with Crippen molar-refractivity contribution < 1.29 is 9.32 Å². The number of carbonyl (C=O) groups excluding carboxylic acids is 1. The summed E-state index contributed by atoms with van der Waals surface area (Å²) in [6.07, 6.45) is 5.14. The van der Waals surface area contributed by atoms with E-state index < -0.39 is 11.2 Å². The molecule has 1 aliphatic heterocycles. The van der Waals surface area contributed by atoms with Gasteiger partial charge in [0.15, 0.2) is 17.0 Å². The molecule has 5 rings (SSSR count). The number of aromatic nitrogens is 6. The number of amides is 1. The Bertz CT molecular complexity index is 1290. The SMILES string of the molecule is Cn1c(=O)c2c(ncn2CC(=O)N2CCC(C)(c3noc(C4CC4)n3)CC2)n(C)c1=O. The predicted octanol–water partition coefficient (Wildman–Crippen LogP) is 0.274. The van der Waals surface area contributed by atoms with Crippen molar-refractivity contribution in [3.8, 4) is 0 Å². The van der Waals surface area contributed by atoms with Gasteiger partial charge in [-0.2, -0.15) is 4.98 Å². The molecule has 1 saturated heterocycles. The maximum absolute atomic E-state index is 13.0. The second-order valence-electron chi connectivity index (χ2n) is 8.92.